The van der Waals surface area contributed by atoms with Gasteiger partial charge in [0.15, 0.2) is 12.4 Å². The SMILES string of the molecule is O=C(O)COc1ccc(C(=O)/C=C/c2ccc(Cl)cc2Cl)cc1. The number of halogens is 2. The number of hydrogen-bond donors (Lipinski definition) is 1. The minimum absolute atomic E-state index is 0.208. The number of ketones is 1. The van der Waals surface area contributed by atoms with E-state index in [0.717, 1.165) is 0 Å². The molecule has 2 aromatic carbocycles. The van der Waals surface area contributed by atoms with Gasteiger partial charge in [-0.3, -0.25) is 4.79 Å². The maximum absolute atomic E-state index is 12.1. The van der Waals surface area contributed by atoms with Gasteiger partial charge in [0.05, 0.1) is 0 Å². The van der Waals surface area contributed by atoms with Crippen molar-refractivity contribution in [3.05, 3.63) is 69.7 Å². The third kappa shape index (κ3) is 5.13. The summed E-state index contributed by atoms with van der Waals surface area (Å²) in [5.74, 6) is -0.887. The lowest BCUT2D eigenvalue weighted by Gasteiger charge is -2.03. The lowest BCUT2D eigenvalue weighted by atomic mass is 10.1. The number of carboxylic acids is 1. The van der Waals surface area contributed by atoms with E-state index in [0.29, 0.717) is 26.9 Å². The highest BCUT2D eigenvalue weighted by molar-refractivity contribution is 6.35. The van der Waals surface area contributed by atoms with E-state index >= 15 is 0 Å². The van der Waals surface area contributed by atoms with E-state index in [1.165, 1.54) is 6.08 Å². The lowest BCUT2D eigenvalue weighted by Crippen LogP contribution is -2.09. The van der Waals surface area contributed by atoms with Gasteiger partial charge in [-0.1, -0.05) is 29.3 Å². The van der Waals surface area contributed by atoms with Crippen molar-refractivity contribution in [2.45, 2.75) is 0 Å². The quantitative estimate of drug-likeness (QED) is 0.621. The van der Waals surface area contributed by atoms with Gasteiger partial charge in [-0.25, -0.2) is 4.79 Å². The molecule has 0 radical (unpaired) electrons. The van der Waals surface area contributed by atoms with Crippen molar-refractivity contribution in [3.8, 4) is 5.75 Å². The fraction of sp³-hybridized carbons (Fsp3) is 0.0588. The van der Waals surface area contributed by atoms with Crippen LogP contribution in [0.3, 0.4) is 0 Å². The van der Waals surface area contributed by atoms with Crippen molar-refractivity contribution >= 4 is 41.0 Å². The van der Waals surface area contributed by atoms with Crippen LogP contribution in [0.25, 0.3) is 6.08 Å². The Bertz CT molecular complexity index is 752. The number of allylic oxidation sites excluding steroid dienone is 1. The van der Waals surface area contributed by atoms with Gasteiger partial charge < -0.3 is 9.84 Å². The molecule has 2 aromatic rings. The molecule has 6 heteroatoms. The van der Waals surface area contributed by atoms with Crippen molar-refractivity contribution in [1.29, 1.82) is 0 Å². The zero-order chi connectivity index (χ0) is 16.8. The van der Waals surface area contributed by atoms with Gasteiger partial charge in [-0.2, -0.15) is 0 Å². The summed E-state index contributed by atoms with van der Waals surface area (Å²) in [6.07, 6.45) is 3.01. The first kappa shape index (κ1) is 17.1. The molecular weight excluding hydrogens is 339 g/mol. The Hall–Kier alpha value is -2.30. The Kier molecular flexibility index (Phi) is 5.79. The van der Waals surface area contributed by atoms with Crippen molar-refractivity contribution < 1.29 is 19.4 Å². The lowest BCUT2D eigenvalue weighted by molar-refractivity contribution is -0.139. The number of ether oxygens (including phenoxy) is 1. The molecule has 0 fully saturated rings. The van der Waals surface area contributed by atoms with Crippen LogP contribution in [0.1, 0.15) is 15.9 Å². The van der Waals surface area contributed by atoms with Gasteiger partial charge in [-0.15, -0.1) is 0 Å². The fourth-order valence-corrected chi connectivity index (χ4v) is 2.23. The van der Waals surface area contributed by atoms with E-state index in [2.05, 4.69) is 0 Å². The Morgan fingerprint density at radius 2 is 1.78 bits per heavy atom. The summed E-state index contributed by atoms with van der Waals surface area (Å²) in [5.41, 5.74) is 1.14. The molecule has 0 bridgehead atoms. The molecule has 0 amide bonds. The first-order valence-electron chi connectivity index (χ1n) is 6.58. The van der Waals surface area contributed by atoms with Crippen LogP contribution in [-0.2, 0) is 4.79 Å². The molecule has 23 heavy (non-hydrogen) atoms. The van der Waals surface area contributed by atoms with Crippen LogP contribution in [0.4, 0.5) is 0 Å². The molecule has 0 unspecified atom stereocenters. The fourth-order valence-electron chi connectivity index (χ4n) is 1.76. The largest absolute Gasteiger partial charge is 0.482 e. The van der Waals surface area contributed by atoms with Gasteiger partial charge in [0.2, 0.25) is 0 Å². The van der Waals surface area contributed by atoms with Crippen molar-refractivity contribution in [3.63, 3.8) is 0 Å². The summed E-state index contributed by atoms with van der Waals surface area (Å²) in [6.45, 7) is -0.428. The summed E-state index contributed by atoms with van der Waals surface area (Å²) in [4.78, 5) is 22.5. The van der Waals surface area contributed by atoms with E-state index in [9.17, 15) is 9.59 Å². The summed E-state index contributed by atoms with van der Waals surface area (Å²) in [5, 5.41) is 9.51. The minimum Gasteiger partial charge on any atom is -0.482 e. The number of hydrogen-bond acceptors (Lipinski definition) is 3. The average molecular weight is 351 g/mol. The number of carbonyl (C=O) groups excluding carboxylic acids is 1. The number of aliphatic carboxylic acids is 1. The molecule has 1 N–H and O–H groups in total. The summed E-state index contributed by atoms with van der Waals surface area (Å²) >= 11 is 11.8. The highest BCUT2D eigenvalue weighted by Crippen LogP contribution is 2.22. The van der Waals surface area contributed by atoms with E-state index in [1.54, 1.807) is 48.5 Å². The molecule has 0 aliphatic carbocycles. The Labute approximate surface area is 142 Å². The molecule has 0 spiro atoms. The van der Waals surface area contributed by atoms with E-state index < -0.39 is 12.6 Å². The van der Waals surface area contributed by atoms with Crippen LogP contribution >= 0.6 is 23.2 Å². The van der Waals surface area contributed by atoms with Crippen LogP contribution in [0.5, 0.6) is 5.75 Å². The highest BCUT2D eigenvalue weighted by atomic mass is 35.5. The second kappa shape index (κ2) is 7.81. The predicted molar refractivity (Wildman–Crippen MR) is 89.4 cm³/mol. The average Bonchev–Trinajstić information content (AvgIpc) is 2.52. The van der Waals surface area contributed by atoms with Crippen LogP contribution in [-0.4, -0.2) is 23.5 Å². The summed E-state index contributed by atoms with van der Waals surface area (Å²) < 4.78 is 5.00. The molecule has 0 aliphatic heterocycles. The van der Waals surface area contributed by atoms with Gasteiger partial charge in [0, 0.05) is 15.6 Å². The molecule has 0 saturated carbocycles. The smallest absolute Gasteiger partial charge is 0.341 e. The number of rotatable bonds is 6. The van der Waals surface area contributed by atoms with Crippen LogP contribution in [0, 0.1) is 0 Å². The Morgan fingerprint density at radius 3 is 2.39 bits per heavy atom. The zero-order valence-electron chi connectivity index (χ0n) is 11.8. The third-order valence-electron chi connectivity index (χ3n) is 2.88. The van der Waals surface area contributed by atoms with Crippen LogP contribution < -0.4 is 4.74 Å². The van der Waals surface area contributed by atoms with Crippen molar-refractivity contribution in [2.24, 2.45) is 0 Å². The minimum atomic E-state index is -1.06. The summed E-state index contributed by atoms with van der Waals surface area (Å²) in [7, 11) is 0. The Morgan fingerprint density at radius 1 is 1.09 bits per heavy atom. The zero-order valence-corrected chi connectivity index (χ0v) is 13.3. The number of benzene rings is 2. The molecule has 118 valence electrons. The topological polar surface area (TPSA) is 63.6 Å². The normalized spacial score (nSPS) is 10.7. The molecule has 0 saturated heterocycles. The molecule has 0 heterocycles. The highest BCUT2D eigenvalue weighted by Gasteiger charge is 2.04. The summed E-state index contributed by atoms with van der Waals surface area (Å²) in [6, 6.07) is 11.2. The van der Waals surface area contributed by atoms with Crippen molar-refractivity contribution in [2.75, 3.05) is 6.61 Å². The van der Waals surface area contributed by atoms with Gasteiger partial charge in [0.25, 0.3) is 0 Å². The maximum Gasteiger partial charge on any atom is 0.341 e. The molecule has 0 atom stereocenters. The van der Waals surface area contributed by atoms with Crippen LogP contribution in [0.15, 0.2) is 48.5 Å². The number of carbonyl (C=O) groups is 2. The van der Waals surface area contributed by atoms with E-state index in [4.69, 9.17) is 33.0 Å². The predicted octanol–water partition coefficient (Wildman–Crippen LogP) is 4.35. The molecule has 4 nitrogen and oxygen atoms in total. The second-order valence-corrected chi connectivity index (χ2v) is 5.41. The first-order chi connectivity index (χ1) is 11.0. The molecule has 2 rings (SSSR count). The Balaban J connectivity index is 2.05. The van der Waals surface area contributed by atoms with Gasteiger partial charge >= 0.3 is 5.97 Å². The van der Waals surface area contributed by atoms with Crippen LogP contribution in [0.2, 0.25) is 10.0 Å². The third-order valence-corrected chi connectivity index (χ3v) is 3.44. The van der Waals surface area contributed by atoms with Gasteiger partial charge in [-0.05, 0) is 54.1 Å². The van der Waals surface area contributed by atoms with E-state index in [1.807, 2.05) is 0 Å². The molecular formula is C17H12Cl2O4. The number of carboxylic acid groups (broad SMARTS) is 1. The first-order valence-corrected chi connectivity index (χ1v) is 7.33. The molecule has 0 aliphatic rings. The maximum atomic E-state index is 12.1. The monoisotopic (exact) mass is 350 g/mol. The van der Waals surface area contributed by atoms with E-state index in [-0.39, 0.29) is 5.78 Å². The second-order valence-electron chi connectivity index (χ2n) is 4.57. The standard InChI is InChI=1S/C17H12Cl2O4/c18-13-5-1-11(15(19)9-13)4-8-16(20)12-2-6-14(7-3-12)23-10-17(21)22/h1-9H,10H2,(H,21,22)/b8-4+. The molecule has 0 aromatic heterocycles. The van der Waals surface area contributed by atoms with Gasteiger partial charge in [0.1, 0.15) is 5.75 Å². The van der Waals surface area contributed by atoms with Crippen molar-refractivity contribution in [1.82, 2.24) is 0 Å².